The number of hydrogen-bond acceptors (Lipinski definition) is 5. The third kappa shape index (κ3) is 4.29. The Hall–Kier alpha value is -2.66. The molecule has 5 heteroatoms. The minimum atomic E-state index is -1.07. The summed E-state index contributed by atoms with van der Waals surface area (Å²) in [5.41, 5.74) is 1.84. The van der Waals surface area contributed by atoms with E-state index in [1.807, 2.05) is 80.6 Å². The number of aliphatic carboxylic acids is 1. The summed E-state index contributed by atoms with van der Waals surface area (Å²) in [5, 5.41) is 12.3. The first kappa shape index (κ1) is 18.1. The zero-order chi connectivity index (χ0) is 18.5. The van der Waals surface area contributed by atoms with Crippen molar-refractivity contribution in [1.82, 2.24) is 9.97 Å². The van der Waals surface area contributed by atoms with Gasteiger partial charge in [-0.2, -0.15) is 0 Å². The number of fused-ring (bicyclic) bond motifs is 1. The first-order valence-electron chi connectivity index (χ1n) is 8.42. The lowest BCUT2D eigenvalue weighted by Gasteiger charge is -2.21. The van der Waals surface area contributed by atoms with Gasteiger partial charge in [0.15, 0.2) is 5.82 Å². The van der Waals surface area contributed by atoms with E-state index in [0.29, 0.717) is 10.9 Å². The van der Waals surface area contributed by atoms with Crippen molar-refractivity contribution in [3.05, 3.63) is 66.0 Å². The zero-order valence-electron chi connectivity index (χ0n) is 14.6. The van der Waals surface area contributed by atoms with Gasteiger partial charge >= 0.3 is 0 Å². The molecule has 0 spiro atoms. The van der Waals surface area contributed by atoms with Crippen LogP contribution in [-0.4, -0.2) is 21.2 Å². The van der Waals surface area contributed by atoms with Gasteiger partial charge in [-0.05, 0) is 23.6 Å². The van der Waals surface area contributed by atoms with Gasteiger partial charge in [-0.15, -0.1) is 0 Å². The maximum atomic E-state index is 11.5. The van der Waals surface area contributed by atoms with Crippen molar-refractivity contribution in [3.63, 3.8) is 0 Å². The number of aromatic nitrogens is 2. The highest BCUT2D eigenvalue weighted by atomic mass is 32.2. The van der Waals surface area contributed by atoms with Crippen LogP contribution < -0.4 is 5.11 Å². The third-order valence-electron chi connectivity index (χ3n) is 3.89. The van der Waals surface area contributed by atoms with Crippen molar-refractivity contribution < 1.29 is 9.90 Å². The highest BCUT2D eigenvalue weighted by Gasteiger charge is 2.19. The monoisotopic (exact) mass is 363 g/mol. The predicted molar refractivity (Wildman–Crippen MR) is 104 cm³/mol. The second-order valence-corrected chi connectivity index (χ2v) is 7.38. The Morgan fingerprint density at radius 1 is 1.00 bits per heavy atom. The number of rotatable bonds is 6. The summed E-state index contributed by atoms with van der Waals surface area (Å²) in [6.07, 6.45) is 3.78. The van der Waals surface area contributed by atoms with Crippen molar-refractivity contribution in [2.75, 3.05) is 0 Å². The van der Waals surface area contributed by atoms with Gasteiger partial charge in [-0.1, -0.05) is 80.2 Å². The van der Waals surface area contributed by atoms with Crippen LogP contribution >= 0.6 is 11.8 Å². The SMILES string of the molecule is CC(C)[C@@H](Sc1nc(/C=C/c2ccccc2)nc2ccccc12)C(=O)[O-]. The molecule has 0 saturated carbocycles. The fourth-order valence-electron chi connectivity index (χ4n) is 2.54. The van der Waals surface area contributed by atoms with Crippen LogP contribution in [0.2, 0.25) is 0 Å². The van der Waals surface area contributed by atoms with Crippen molar-refractivity contribution in [2.45, 2.75) is 24.1 Å². The maximum absolute atomic E-state index is 11.5. The number of carbonyl (C=O) groups is 1. The van der Waals surface area contributed by atoms with E-state index in [2.05, 4.69) is 9.97 Å². The van der Waals surface area contributed by atoms with Crippen LogP contribution in [0.15, 0.2) is 59.6 Å². The largest absolute Gasteiger partial charge is 0.549 e. The van der Waals surface area contributed by atoms with Crippen molar-refractivity contribution in [2.24, 2.45) is 5.92 Å². The Labute approximate surface area is 157 Å². The molecule has 0 saturated heterocycles. The minimum Gasteiger partial charge on any atom is -0.549 e. The molecule has 3 aromatic rings. The van der Waals surface area contributed by atoms with Gasteiger partial charge in [0.2, 0.25) is 0 Å². The second-order valence-electron chi connectivity index (χ2n) is 6.25. The Bertz CT molecular complexity index is 939. The number of carbonyl (C=O) groups excluding carboxylic acids is 1. The fourth-order valence-corrected chi connectivity index (χ4v) is 3.60. The number of carboxylic acids is 1. The Morgan fingerprint density at radius 2 is 1.69 bits per heavy atom. The lowest BCUT2D eigenvalue weighted by Crippen LogP contribution is -2.36. The van der Waals surface area contributed by atoms with Gasteiger partial charge in [0.25, 0.3) is 0 Å². The predicted octanol–water partition coefficient (Wildman–Crippen LogP) is 3.67. The van der Waals surface area contributed by atoms with E-state index in [9.17, 15) is 9.90 Å². The Balaban J connectivity index is 2.01. The first-order chi connectivity index (χ1) is 12.5. The molecule has 2 aromatic carbocycles. The molecule has 4 nitrogen and oxygen atoms in total. The molecule has 0 aliphatic heterocycles. The van der Waals surface area contributed by atoms with E-state index in [0.717, 1.165) is 16.5 Å². The quantitative estimate of drug-likeness (QED) is 0.494. The molecule has 1 atom stereocenters. The molecule has 1 aromatic heterocycles. The standard InChI is InChI=1S/C21H20N2O2S/c1-14(2)19(21(24)25)26-20-16-10-6-7-11-17(16)22-18(23-20)13-12-15-8-4-3-5-9-15/h3-14,19H,1-2H3,(H,24,25)/p-1/b13-12+/t19-/m1/s1. The van der Waals surface area contributed by atoms with Crippen LogP contribution in [-0.2, 0) is 4.79 Å². The highest BCUT2D eigenvalue weighted by molar-refractivity contribution is 8.00. The summed E-state index contributed by atoms with van der Waals surface area (Å²) in [4.78, 5) is 20.7. The van der Waals surface area contributed by atoms with Gasteiger partial charge < -0.3 is 9.90 Å². The summed E-state index contributed by atoms with van der Waals surface area (Å²) in [6, 6.07) is 17.5. The number of carboxylic acid groups (broad SMARTS) is 1. The molecule has 3 rings (SSSR count). The van der Waals surface area contributed by atoms with Gasteiger partial charge in [-0.25, -0.2) is 9.97 Å². The molecule has 0 aliphatic rings. The number of hydrogen-bond donors (Lipinski definition) is 0. The molecule has 132 valence electrons. The lowest BCUT2D eigenvalue weighted by molar-refractivity contribution is -0.305. The minimum absolute atomic E-state index is 0.0676. The third-order valence-corrected chi connectivity index (χ3v) is 5.41. The molecule has 26 heavy (non-hydrogen) atoms. The number of nitrogens with zero attached hydrogens (tertiary/aromatic N) is 2. The van der Waals surface area contributed by atoms with E-state index >= 15 is 0 Å². The molecule has 0 unspecified atom stereocenters. The average molecular weight is 363 g/mol. The van der Waals surface area contributed by atoms with Crippen LogP contribution in [0.4, 0.5) is 0 Å². The molecule has 0 amide bonds. The normalized spacial score (nSPS) is 12.7. The van der Waals surface area contributed by atoms with Gasteiger partial charge in [0, 0.05) is 5.39 Å². The molecule has 0 bridgehead atoms. The fraction of sp³-hybridized carbons (Fsp3) is 0.190. The summed E-state index contributed by atoms with van der Waals surface area (Å²) >= 11 is 1.22. The molecular weight excluding hydrogens is 344 g/mol. The van der Waals surface area contributed by atoms with Crippen molar-refractivity contribution in [3.8, 4) is 0 Å². The zero-order valence-corrected chi connectivity index (χ0v) is 15.4. The molecule has 0 N–H and O–H groups in total. The summed E-state index contributed by atoms with van der Waals surface area (Å²) in [5.74, 6) is -0.591. The Kier molecular flexibility index (Phi) is 5.68. The molecule has 0 fully saturated rings. The van der Waals surface area contributed by atoms with Crippen molar-refractivity contribution >= 4 is 40.8 Å². The summed E-state index contributed by atoms with van der Waals surface area (Å²) in [7, 11) is 0. The smallest absolute Gasteiger partial charge is 0.153 e. The first-order valence-corrected chi connectivity index (χ1v) is 9.30. The van der Waals surface area contributed by atoms with Gasteiger partial charge in [0.1, 0.15) is 5.03 Å². The van der Waals surface area contributed by atoms with Crippen molar-refractivity contribution in [1.29, 1.82) is 0 Å². The van der Waals surface area contributed by atoms with Crippen LogP contribution in [0.1, 0.15) is 25.2 Å². The number of benzene rings is 2. The topological polar surface area (TPSA) is 65.9 Å². The van der Waals surface area contributed by atoms with E-state index < -0.39 is 11.2 Å². The van der Waals surface area contributed by atoms with E-state index in [1.165, 1.54) is 11.8 Å². The molecular formula is C21H19N2O2S-. The lowest BCUT2D eigenvalue weighted by atomic mass is 10.1. The molecule has 0 aliphatic carbocycles. The van der Waals surface area contributed by atoms with Crippen LogP contribution in [0.5, 0.6) is 0 Å². The summed E-state index contributed by atoms with van der Waals surface area (Å²) in [6.45, 7) is 3.74. The second kappa shape index (κ2) is 8.15. The van der Waals surface area contributed by atoms with E-state index in [-0.39, 0.29) is 5.92 Å². The van der Waals surface area contributed by atoms with Gasteiger partial charge in [0.05, 0.1) is 16.7 Å². The van der Waals surface area contributed by atoms with Crippen LogP contribution in [0.3, 0.4) is 0 Å². The van der Waals surface area contributed by atoms with Gasteiger partial charge in [-0.3, -0.25) is 0 Å². The summed E-state index contributed by atoms with van der Waals surface area (Å²) < 4.78 is 0. The Morgan fingerprint density at radius 3 is 2.38 bits per heavy atom. The average Bonchev–Trinajstić information content (AvgIpc) is 2.64. The highest BCUT2D eigenvalue weighted by Crippen LogP contribution is 2.31. The van der Waals surface area contributed by atoms with E-state index in [1.54, 1.807) is 0 Å². The van der Waals surface area contributed by atoms with Crippen LogP contribution in [0, 0.1) is 5.92 Å². The molecule has 1 heterocycles. The van der Waals surface area contributed by atoms with Crippen LogP contribution in [0.25, 0.3) is 23.1 Å². The maximum Gasteiger partial charge on any atom is 0.153 e. The number of para-hydroxylation sites is 1. The number of thioether (sulfide) groups is 1. The van der Waals surface area contributed by atoms with E-state index in [4.69, 9.17) is 0 Å². The molecule has 0 radical (unpaired) electrons.